The molecule has 0 aromatic carbocycles. The number of hydrogen-bond acceptors (Lipinski definition) is 4. The molecule has 0 unspecified atom stereocenters. The Balaban J connectivity index is 2.64. The van der Waals surface area contributed by atoms with E-state index in [-0.39, 0.29) is 5.91 Å². The Morgan fingerprint density at radius 3 is 2.89 bits per heavy atom. The Morgan fingerprint density at radius 2 is 2.21 bits per heavy atom. The van der Waals surface area contributed by atoms with Crippen molar-refractivity contribution in [3.05, 3.63) is 23.9 Å². The van der Waals surface area contributed by atoms with Crippen LogP contribution in [0.3, 0.4) is 0 Å². The van der Waals surface area contributed by atoms with E-state index in [1.165, 1.54) is 0 Å². The number of nitrogens with one attached hydrogen (secondary N) is 2. The number of nitrogens with zero attached hydrogens (tertiary/aromatic N) is 2. The first-order valence-electron chi connectivity index (χ1n) is 6.81. The van der Waals surface area contributed by atoms with Gasteiger partial charge in [-0.25, -0.2) is 4.98 Å². The van der Waals surface area contributed by atoms with Gasteiger partial charge in [-0.05, 0) is 19.0 Å². The highest BCUT2D eigenvalue weighted by Crippen LogP contribution is 2.15. The van der Waals surface area contributed by atoms with E-state index in [4.69, 9.17) is 0 Å². The van der Waals surface area contributed by atoms with Crippen molar-refractivity contribution in [3.63, 3.8) is 0 Å². The normalized spacial score (nSPS) is 10.3. The molecule has 1 heterocycles. The third kappa shape index (κ3) is 5.26. The monoisotopic (exact) mass is 264 g/mol. The highest BCUT2D eigenvalue weighted by atomic mass is 16.2. The molecule has 2 N–H and O–H groups in total. The molecule has 5 heteroatoms. The Hall–Kier alpha value is -1.62. The number of likely N-dealkylation sites (N-methyl/N-ethyl adjacent to an activating group) is 1. The standard InChI is InChI=1S/C14H24N4O/c1-4-8-16-13(19)11-18(3)14-12(10-15-5-2)7-6-9-17-14/h6-7,9,15H,4-5,8,10-11H2,1-3H3,(H,16,19). The molecule has 0 spiro atoms. The summed E-state index contributed by atoms with van der Waals surface area (Å²) >= 11 is 0. The SMILES string of the molecule is CCCNC(=O)CN(C)c1ncccc1CNCC. The number of pyridine rings is 1. The summed E-state index contributed by atoms with van der Waals surface area (Å²) in [6, 6.07) is 3.95. The summed E-state index contributed by atoms with van der Waals surface area (Å²) in [6.07, 6.45) is 2.70. The van der Waals surface area contributed by atoms with E-state index >= 15 is 0 Å². The van der Waals surface area contributed by atoms with Crippen LogP contribution in [0.1, 0.15) is 25.8 Å². The van der Waals surface area contributed by atoms with Gasteiger partial charge in [-0.3, -0.25) is 4.79 Å². The van der Waals surface area contributed by atoms with Gasteiger partial charge in [0.05, 0.1) is 6.54 Å². The first kappa shape index (κ1) is 15.4. The minimum Gasteiger partial charge on any atom is -0.355 e. The predicted molar refractivity (Wildman–Crippen MR) is 78.2 cm³/mol. The Bertz CT molecular complexity index is 395. The topological polar surface area (TPSA) is 57.3 Å². The highest BCUT2D eigenvalue weighted by molar-refractivity contribution is 5.81. The summed E-state index contributed by atoms with van der Waals surface area (Å²) in [6.45, 7) is 6.83. The second-order valence-corrected chi connectivity index (χ2v) is 4.47. The minimum atomic E-state index is 0.0319. The van der Waals surface area contributed by atoms with Crippen molar-refractivity contribution < 1.29 is 4.79 Å². The number of carbonyl (C=O) groups excluding carboxylic acids is 1. The smallest absolute Gasteiger partial charge is 0.239 e. The number of rotatable bonds is 8. The summed E-state index contributed by atoms with van der Waals surface area (Å²) in [5.74, 6) is 0.888. The van der Waals surface area contributed by atoms with Gasteiger partial charge >= 0.3 is 0 Å². The molecular formula is C14H24N4O. The summed E-state index contributed by atoms with van der Waals surface area (Å²) in [7, 11) is 1.89. The van der Waals surface area contributed by atoms with E-state index in [0.29, 0.717) is 6.54 Å². The lowest BCUT2D eigenvalue weighted by Gasteiger charge is -2.20. The summed E-state index contributed by atoms with van der Waals surface area (Å²) in [5.41, 5.74) is 1.11. The van der Waals surface area contributed by atoms with Crippen LogP contribution in [-0.4, -0.2) is 37.6 Å². The molecule has 0 aliphatic carbocycles. The molecule has 1 aromatic rings. The first-order chi connectivity index (χ1) is 9.19. The van der Waals surface area contributed by atoms with E-state index in [1.54, 1.807) is 6.20 Å². The van der Waals surface area contributed by atoms with Gasteiger partial charge in [0.15, 0.2) is 0 Å². The Morgan fingerprint density at radius 1 is 1.42 bits per heavy atom. The largest absolute Gasteiger partial charge is 0.355 e. The van der Waals surface area contributed by atoms with Gasteiger partial charge in [-0.15, -0.1) is 0 Å². The van der Waals surface area contributed by atoms with Crippen molar-refractivity contribution in [2.24, 2.45) is 0 Å². The van der Waals surface area contributed by atoms with E-state index in [1.807, 2.05) is 31.0 Å². The fourth-order valence-corrected chi connectivity index (χ4v) is 1.78. The van der Waals surface area contributed by atoms with Crippen LogP contribution in [-0.2, 0) is 11.3 Å². The molecule has 0 saturated heterocycles. The van der Waals surface area contributed by atoms with Gasteiger partial charge in [0.25, 0.3) is 0 Å². The average molecular weight is 264 g/mol. The van der Waals surface area contributed by atoms with Crippen LogP contribution in [0, 0.1) is 0 Å². The number of amides is 1. The number of anilines is 1. The zero-order chi connectivity index (χ0) is 14.1. The Labute approximate surface area is 115 Å². The van der Waals surface area contributed by atoms with Crippen LogP contribution in [0.5, 0.6) is 0 Å². The molecule has 19 heavy (non-hydrogen) atoms. The van der Waals surface area contributed by atoms with Crippen LogP contribution < -0.4 is 15.5 Å². The van der Waals surface area contributed by atoms with Gasteiger partial charge in [0.1, 0.15) is 5.82 Å². The summed E-state index contributed by atoms with van der Waals surface area (Å²) in [4.78, 5) is 18.0. The van der Waals surface area contributed by atoms with E-state index in [9.17, 15) is 4.79 Å². The van der Waals surface area contributed by atoms with Gasteiger partial charge in [-0.2, -0.15) is 0 Å². The maximum atomic E-state index is 11.7. The molecule has 106 valence electrons. The maximum absolute atomic E-state index is 11.7. The van der Waals surface area contributed by atoms with E-state index < -0.39 is 0 Å². The molecule has 0 bridgehead atoms. The summed E-state index contributed by atoms with van der Waals surface area (Å²) < 4.78 is 0. The second kappa shape index (κ2) is 8.48. The molecule has 1 amide bonds. The van der Waals surface area contributed by atoms with Crippen molar-refractivity contribution in [2.75, 3.05) is 31.6 Å². The van der Waals surface area contributed by atoms with Crippen LogP contribution >= 0.6 is 0 Å². The van der Waals surface area contributed by atoms with Gasteiger partial charge < -0.3 is 15.5 Å². The van der Waals surface area contributed by atoms with Crippen LogP contribution in [0.2, 0.25) is 0 Å². The molecule has 0 aliphatic heterocycles. The third-order valence-electron chi connectivity index (χ3n) is 2.75. The molecule has 1 rings (SSSR count). The molecule has 5 nitrogen and oxygen atoms in total. The number of aromatic nitrogens is 1. The van der Waals surface area contributed by atoms with Crippen molar-refractivity contribution in [2.45, 2.75) is 26.8 Å². The fraction of sp³-hybridized carbons (Fsp3) is 0.571. The lowest BCUT2D eigenvalue weighted by Crippen LogP contribution is -2.36. The minimum absolute atomic E-state index is 0.0319. The molecular weight excluding hydrogens is 240 g/mol. The van der Waals surface area contributed by atoms with Crippen LogP contribution in [0.15, 0.2) is 18.3 Å². The van der Waals surface area contributed by atoms with Crippen molar-refractivity contribution in [3.8, 4) is 0 Å². The van der Waals surface area contributed by atoms with Gasteiger partial charge in [0, 0.05) is 31.9 Å². The number of carbonyl (C=O) groups is 1. The zero-order valence-electron chi connectivity index (χ0n) is 12.1. The number of hydrogen-bond donors (Lipinski definition) is 2. The van der Waals surface area contributed by atoms with Crippen molar-refractivity contribution in [1.29, 1.82) is 0 Å². The molecule has 0 aliphatic rings. The van der Waals surface area contributed by atoms with Gasteiger partial charge in [0.2, 0.25) is 5.91 Å². The first-order valence-corrected chi connectivity index (χ1v) is 6.81. The molecule has 0 saturated carbocycles. The predicted octanol–water partition coefficient (Wildman–Crippen LogP) is 1.15. The van der Waals surface area contributed by atoms with Crippen molar-refractivity contribution >= 4 is 11.7 Å². The van der Waals surface area contributed by atoms with E-state index in [2.05, 4.69) is 22.5 Å². The Kier molecular flexibility index (Phi) is 6.89. The third-order valence-corrected chi connectivity index (χ3v) is 2.75. The maximum Gasteiger partial charge on any atom is 0.239 e. The molecule has 0 radical (unpaired) electrons. The van der Waals surface area contributed by atoms with Crippen LogP contribution in [0.25, 0.3) is 0 Å². The molecule has 0 atom stereocenters. The molecule has 0 fully saturated rings. The second-order valence-electron chi connectivity index (χ2n) is 4.47. The molecule has 1 aromatic heterocycles. The van der Waals surface area contributed by atoms with E-state index in [0.717, 1.165) is 37.4 Å². The average Bonchev–Trinajstić information content (AvgIpc) is 2.43. The van der Waals surface area contributed by atoms with Crippen LogP contribution in [0.4, 0.5) is 5.82 Å². The lowest BCUT2D eigenvalue weighted by molar-refractivity contribution is -0.119. The lowest BCUT2D eigenvalue weighted by atomic mass is 10.2. The van der Waals surface area contributed by atoms with Crippen molar-refractivity contribution in [1.82, 2.24) is 15.6 Å². The summed E-state index contributed by atoms with van der Waals surface area (Å²) in [5, 5.41) is 6.15. The highest BCUT2D eigenvalue weighted by Gasteiger charge is 2.11. The fourth-order valence-electron chi connectivity index (χ4n) is 1.78. The van der Waals surface area contributed by atoms with Gasteiger partial charge in [-0.1, -0.05) is 19.9 Å². The zero-order valence-corrected chi connectivity index (χ0v) is 12.1. The quantitative estimate of drug-likeness (QED) is 0.739.